The van der Waals surface area contributed by atoms with Crippen molar-refractivity contribution in [1.29, 1.82) is 0 Å². The fourth-order valence-corrected chi connectivity index (χ4v) is 1.52. The molecule has 2 rings (SSSR count). The Balaban J connectivity index is 2.04. The average molecular weight is 251 g/mol. The van der Waals surface area contributed by atoms with Crippen molar-refractivity contribution in [2.45, 2.75) is 26.4 Å². The second-order valence-electron chi connectivity index (χ2n) is 4.98. The van der Waals surface area contributed by atoms with Crippen LogP contribution in [0.3, 0.4) is 0 Å². The van der Waals surface area contributed by atoms with Crippen molar-refractivity contribution < 1.29 is 14.3 Å². The lowest BCUT2D eigenvalue weighted by Crippen LogP contribution is -2.27. The van der Waals surface area contributed by atoms with E-state index in [0.29, 0.717) is 18.2 Å². The van der Waals surface area contributed by atoms with E-state index in [-0.39, 0.29) is 0 Å². The van der Waals surface area contributed by atoms with Crippen LogP contribution in [-0.2, 0) is 4.74 Å². The van der Waals surface area contributed by atoms with Crippen LogP contribution in [0, 0.1) is 0 Å². The number of anilines is 2. The SMILES string of the molecule is CC(C)(C)OC(=O)Nc1cnc2c(c1)NCCO2. The molecule has 0 aliphatic carbocycles. The molecule has 1 aliphatic heterocycles. The predicted molar refractivity (Wildman–Crippen MR) is 68.1 cm³/mol. The van der Waals surface area contributed by atoms with Gasteiger partial charge in [0.1, 0.15) is 12.2 Å². The zero-order valence-electron chi connectivity index (χ0n) is 10.7. The lowest BCUT2D eigenvalue weighted by molar-refractivity contribution is 0.0636. The molecule has 0 aromatic carbocycles. The second-order valence-corrected chi connectivity index (χ2v) is 4.98. The Hall–Kier alpha value is -1.98. The summed E-state index contributed by atoms with van der Waals surface area (Å²) in [6, 6.07) is 1.77. The van der Waals surface area contributed by atoms with Crippen LogP contribution < -0.4 is 15.4 Å². The predicted octanol–water partition coefficient (Wildman–Crippen LogP) is 2.23. The molecule has 0 radical (unpaired) electrons. The number of ether oxygens (including phenoxy) is 2. The van der Waals surface area contributed by atoms with Crippen molar-refractivity contribution >= 4 is 17.5 Å². The maximum Gasteiger partial charge on any atom is 0.412 e. The number of pyridine rings is 1. The Morgan fingerprint density at radius 3 is 3.06 bits per heavy atom. The molecule has 1 aromatic rings. The molecule has 1 aromatic heterocycles. The fraction of sp³-hybridized carbons (Fsp3) is 0.500. The Labute approximate surface area is 106 Å². The highest BCUT2D eigenvalue weighted by Crippen LogP contribution is 2.27. The smallest absolute Gasteiger partial charge is 0.412 e. The third-order valence-electron chi connectivity index (χ3n) is 2.15. The fourth-order valence-electron chi connectivity index (χ4n) is 1.52. The largest absolute Gasteiger partial charge is 0.474 e. The Morgan fingerprint density at radius 1 is 1.56 bits per heavy atom. The van der Waals surface area contributed by atoms with E-state index in [0.717, 1.165) is 12.2 Å². The minimum absolute atomic E-state index is 0.499. The number of fused-ring (bicyclic) bond motifs is 1. The summed E-state index contributed by atoms with van der Waals surface area (Å²) in [7, 11) is 0. The highest BCUT2D eigenvalue weighted by Gasteiger charge is 2.17. The number of carbonyl (C=O) groups is 1. The summed E-state index contributed by atoms with van der Waals surface area (Å²) in [6.07, 6.45) is 1.04. The molecule has 98 valence electrons. The molecule has 0 atom stereocenters. The molecule has 1 amide bonds. The molecule has 0 unspecified atom stereocenters. The topological polar surface area (TPSA) is 72.5 Å². The molecule has 6 nitrogen and oxygen atoms in total. The molecule has 0 spiro atoms. The Bertz CT molecular complexity index is 454. The molecule has 0 saturated heterocycles. The summed E-state index contributed by atoms with van der Waals surface area (Å²) in [5, 5.41) is 5.77. The Kier molecular flexibility index (Phi) is 3.27. The van der Waals surface area contributed by atoms with Gasteiger partial charge in [-0.2, -0.15) is 0 Å². The number of carbonyl (C=O) groups excluding carboxylic acids is 1. The van der Waals surface area contributed by atoms with Gasteiger partial charge in [0.25, 0.3) is 0 Å². The molecule has 2 N–H and O–H groups in total. The van der Waals surface area contributed by atoms with Crippen LogP contribution in [-0.4, -0.2) is 29.8 Å². The van der Waals surface area contributed by atoms with Gasteiger partial charge >= 0.3 is 6.09 Å². The van der Waals surface area contributed by atoms with Gasteiger partial charge in [-0.05, 0) is 26.8 Å². The molecular weight excluding hydrogens is 234 g/mol. The van der Waals surface area contributed by atoms with Crippen molar-refractivity contribution in [3.05, 3.63) is 12.3 Å². The summed E-state index contributed by atoms with van der Waals surface area (Å²) in [5.74, 6) is 0.552. The first kappa shape index (κ1) is 12.5. The van der Waals surface area contributed by atoms with E-state index < -0.39 is 11.7 Å². The van der Waals surface area contributed by atoms with E-state index >= 15 is 0 Å². The molecule has 6 heteroatoms. The van der Waals surface area contributed by atoms with Gasteiger partial charge in [0.2, 0.25) is 5.88 Å². The quantitative estimate of drug-likeness (QED) is 0.800. The van der Waals surface area contributed by atoms with Crippen LogP contribution in [0.4, 0.5) is 16.2 Å². The van der Waals surface area contributed by atoms with Crippen molar-refractivity contribution in [2.75, 3.05) is 23.8 Å². The monoisotopic (exact) mass is 251 g/mol. The molecule has 18 heavy (non-hydrogen) atoms. The van der Waals surface area contributed by atoms with Gasteiger partial charge in [-0.1, -0.05) is 0 Å². The minimum atomic E-state index is -0.521. The van der Waals surface area contributed by atoms with E-state index in [4.69, 9.17) is 9.47 Å². The number of nitrogens with one attached hydrogen (secondary N) is 2. The first-order chi connectivity index (χ1) is 8.44. The van der Waals surface area contributed by atoms with Gasteiger partial charge in [-0.3, -0.25) is 5.32 Å². The van der Waals surface area contributed by atoms with Gasteiger partial charge in [0, 0.05) is 6.54 Å². The van der Waals surface area contributed by atoms with Gasteiger partial charge < -0.3 is 14.8 Å². The van der Waals surface area contributed by atoms with E-state index in [1.54, 1.807) is 6.07 Å². The summed E-state index contributed by atoms with van der Waals surface area (Å²) in [4.78, 5) is 15.7. The number of hydrogen-bond donors (Lipinski definition) is 2. The van der Waals surface area contributed by atoms with E-state index in [9.17, 15) is 4.79 Å². The number of amides is 1. The maximum atomic E-state index is 11.6. The number of rotatable bonds is 1. The van der Waals surface area contributed by atoms with Crippen molar-refractivity contribution in [3.8, 4) is 5.88 Å². The standard InChI is InChI=1S/C12H17N3O3/c1-12(2,3)18-11(16)15-8-6-9-10(14-7-8)17-5-4-13-9/h6-7,13H,4-5H2,1-3H3,(H,15,16). The molecular formula is C12H17N3O3. The summed E-state index contributed by atoms with van der Waals surface area (Å²) in [6.45, 7) is 6.76. The summed E-state index contributed by atoms with van der Waals surface area (Å²) >= 11 is 0. The maximum absolute atomic E-state index is 11.6. The number of aromatic nitrogens is 1. The summed E-state index contributed by atoms with van der Waals surface area (Å²) in [5.41, 5.74) is 0.823. The lowest BCUT2D eigenvalue weighted by atomic mass is 10.2. The molecule has 1 aliphatic rings. The van der Waals surface area contributed by atoms with Gasteiger partial charge in [0.15, 0.2) is 0 Å². The molecule has 0 fully saturated rings. The van der Waals surface area contributed by atoms with E-state index in [1.807, 2.05) is 20.8 Å². The van der Waals surface area contributed by atoms with Crippen molar-refractivity contribution in [3.63, 3.8) is 0 Å². The van der Waals surface area contributed by atoms with E-state index in [1.165, 1.54) is 6.20 Å². The number of nitrogens with zero attached hydrogens (tertiary/aromatic N) is 1. The highest BCUT2D eigenvalue weighted by molar-refractivity contribution is 5.85. The first-order valence-corrected chi connectivity index (χ1v) is 5.81. The lowest BCUT2D eigenvalue weighted by Gasteiger charge is -2.21. The molecule has 2 heterocycles. The molecule has 0 bridgehead atoms. The third-order valence-corrected chi connectivity index (χ3v) is 2.15. The second kappa shape index (κ2) is 4.72. The zero-order valence-corrected chi connectivity index (χ0v) is 10.7. The van der Waals surface area contributed by atoms with Gasteiger partial charge in [0.05, 0.1) is 17.6 Å². The normalized spacial score (nSPS) is 13.9. The zero-order chi connectivity index (χ0) is 13.2. The van der Waals surface area contributed by atoms with Crippen LogP contribution >= 0.6 is 0 Å². The summed E-state index contributed by atoms with van der Waals surface area (Å²) < 4.78 is 10.5. The highest BCUT2D eigenvalue weighted by atomic mass is 16.6. The van der Waals surface area contributed by atoms with Crippen LogP contribution in [0.15, 0.2) is 12.3 Å². The van der Waals surface area contributed by atoms with Gasteiger partial charge in [-0.25, -0.2) is 9.78 Å². The number of hydrogen-bond acceptors (Lipinski definition) is 5. The van der Waals surface area contributed by atoms with Crippen LogP contribution in [0.5, 0.6) is 5.88 Å². The average Bonchev–Trinajstić information content (AvgIpc) is 2.26. The third kappa shape index (κ3) is 3.26. The minimum Gasteiger partial charge on any atom is -0.474 e. The van der Waals surface area contributed by atoms with Crippen LogP contribution in [0.2, 0.25) is 0 Å². The molecule has 0 saturated carbocycles. The van der Waals surface area contributed by atoms with Gasteiger partial charge in [-0.15, -0.1) is 0 Å². The van der Waals surface area contributed by atoms with E-state index in [2.05, 4.69) is 15.6 Å². The van der Waals surface area contributed by atoms with Crippen LogP contribution in [0.1, 0.15) is 20.8 Å². The van der Waals surface area contributed by atoms with Crippen molar-refractivity contribution in [1.82, 2.24) is 4.98 Å². The van der Waals surface area contributed by atoms with Crippen LogP contribution in [0.25, 0.3) is 0 Å². The Morgan fingerprint density at radius 2 is 2.33 bits per heavy atom. The van der Waals surface area contributed by atoms with Crippen molar-refractivity contribution in [2.24, 2.45) is 0 Å². The first-order valence-electron chi connectivity index (χ1n) is 5.81.